The number of benzene rings is 2. The van der Waals surface area contributed by atoms with E-state index in [2.05, 4.69) is 13.8 Å². The van der Waals surface area contributed by atoms with Crippen LogP contribution in [0.2, 0.25) is 0 Å². The molecule has 0 saturated carbocycles. The number of aryl methyl sites for hydroxylation is 1. The number of nitrogens with zero attached hydrogens (tertiary/aromatic N) is 3. The fourth-order valence-electron chi connectivity index (χ4n) is 3.97. The number of rotatable bonds is 6. The van der Waals surface area contributed by atoms with Crippen molar-refractivity contribution >= 4 is 28.1 Å². The van der Waals surface area contributed by atoms with Gasteiger partial charge in [-0.25, -0.2) is 4.98 Å². The molecule has 32 heavy (non-hydrogen) atoms. The second-order valence-electron chi connectivity index (χ2n) is 8.42. The van der Waals surface area contributed by atoms with Gasteiger partial charge in [-0.2, -0.15) is 0 Å². The zero-order valence-electron chi connectivity index (χ0n) is 18.8. The van der Waals surface area contributed by atoms with Crippen molar-refractivity contribution in [3.8, 4) is 5.69 Å². The molecule has 2 aromatic carbocycles. The van der Waals surface area contributed by atoms with Crippen LogP contribution in [0.1, 0.15) is 47.9 Å². The molecule has 5 nitrogen and oxygen atoms in total. The molecule has 2 heterocycles. The summed E-state index contributed by atoms with van der Waals surface area (Å²) in [4.78, 5) is 34.5. The van der Waals surface area contributed by atoms with E-state index in [0.717, 1.165) is 11.3 Å². The highest BCUT2D eigenvalue weighted by Gasteiger charge is 2.28. The van der Waals surface area contributed by atoms with Crippen LogP contribution in [0.4, 0.5) is 0 Å². The standard InChI is InChI=1S/C26H27N3O2S/c1-17(2)16-28(26(31)23-14-9-15-32-23)19(4)24-27-21-12-7-6-11-20(21)25(30)29(24)22-13-8-5-10-18(22)3/h5-15,17,19H,16H2,1-4H3. The van der Waals surface area contributed by atoms with Crippen molar-refractivity contribution in [2.24, 2.45) is 5.92 Å². The molecular formula is C26H27N3O2S. The average molecular weight is 446 g/mol. The Morgan fingerprint density at radius 2 is 1.75 bits per heavy atom. The summed E-state index contributed by atoms with van der Waals surface area (Å²) in [6.07, 6.45) is 0. The summed E-state index contributed by atoms with van der Waals surface area (Å²) in [6, 6.07) is 18.5. The molecule has 0 spiro atoms. The number of aromatic nitrogens is 2. The Kier molecular flexibility index (Phi) is 6.24. The Bertz CT molecular complexity index is 1310. The first-order chi connectivity index (χ1) is 15.4. The molecule has 2 aromatic heterocycles. The first-order valence-electron chi connectivity index (χ1n) is 10.8. The summed E-state index contributed by atoms with van der Waals surface area (Å²) in [5.41, 5.74) is 2.27. The molecule has 0 radical (unpaired) electrons. The van der Waals surface area contributed by atoms with Crippen molar-refractivity contribution in [3.63, 3.8) is 0 Å². The first-order valence-corrected chi connectivity index (χ1v) is 11.7. The van der Waals surface area contributed by atoms with Gasteiger partial charge in [0.15, 0.2) is 0 Å². The van der Waals surface area contributed by atoms with E-state index >= 15 is 0 Å². The predicted octanol–water partition coefficient (Wildman–Crippen LogP) is 5.62. The lowest BCUT2D eigenvalue weighted by atomic mass is 10.1. The van der Waals surface area contributed by atoms with Crippen LogP contribution in [-0.2, 0) is 0 Å². The van der Waals surface area contributed by atoms with Gasteiger partial charge in [-0.1, -0.05) is 50.2 Å². The third-order valence-electron chi connectivity index (χ3n) is 5.55. The maximum absolute atomic E-state index is 13.7. The molecule has 0 aliphatic rings. The fourth-order valence-corrected chi connectivity index (χ4v) is 4.65. The third-order valence-corrected chi connectivity index (χ3v) is 6.41. The van der Waals surface area contributed by atoms with Crippen LogP contribution < -0.4 is 5.56 Å². The Morgan fingerprint density at radius 3 is 2.44 bits per heavy atom. The van der Waals surface area contributed by atoms with Crippen LogP contribution in [0, 0.1) is 12.8 Å². The number of thiophene rings is 1. The van der Waals surface area contributed by atoms with E-state index in [0.29, 0.717) is 28.1 Å². The van der Waals surface area contributed by atoms with E-state index in [1.807, 2.05) is 78.7 Å². The van der Waals surface area contributed by atoms with Gasteiger partial charge in [0.25, 0.3) is 11.5 Å². The lowest BCUT2D eigenvalue weighted by molar-refractivity contribution is 0.0660. The van der Waals surface area contributed by atoms with Gasteiger partial charge < -0.3 is 4.90 Å². The molecule has 1 amide bonds. The van der Waals surface area contributed by atoms with Gasteiger partial charge in [0.2, 0.25) is 0 Å². The predicted molar refractivity (Wildman–Crippen MR) is 131 cm³/mol. The summed E-state index contributed by atoms with van der Waals surface area (Å²) < 4.78 is 1.68. The van der Waals surface area contributed by atoms with Crippen molar-refractivity contribution < 1.29 is 4.79 Å². The normalized spacial score (nSPS) is 12.3. The van der Waals surface area contributed by atoms with Crippen LogP contribution in [-0.4, -0.2) is 26.9 Å². The van der Waals surface area contributed by atoms with Crippen LogP contribution in [0.5, 0.6) is 0 Å². The molecule has 0 aliphatic carbocycles. The summed E-state index contributed by atoms with van der Waals surface area (Å²) >= 11 is 1.43. The average Bonchev–Trinajstić information content (AvgIpc) is 3.32. The van der Waals surface area contributed by atoms with Gasteiger partial charge in [-0.15, -0.1) is 11.3 Å². The van der Waals surface area contributed by atoms with Crippen LogP contribution in [0.3, 0.4) is 0 Å². The van der Waals surface area contributed by atoms with Gasteiger partial charge in [-0.05, 0) is 55.0 Å². The second-order valence-corrected chi connectivity index (χ2v) is 9.37. The summed E-state index contributed by atoms with van der Waals surface area (Å²) in [7, 11) is 0. The van der Waals surface area contributed by atoms with E-state index in [4.69, 9.17) is 4.98 Å². The van der Waals surface area contributed by atoms with Crippen molar-refractivity contribution in [1.82, 2.24) is 14.5 Å². The third kappa shape index (κ3) is 4.10. The van der Waals surface area contributed by atoms with E-state index in [1.165, 1.54) is 11.3 Å². The monoisotopic (exact) mass is 445 g/mol. The Morgan fingerprint density at radius 1 is 1.03 bits per heavy atom. The van der Waals surface area contributed by atoms with Crippen molar-refractivity contribution in [1.29, 1.82) is 0 Å². The molecule has 0 fully saturated rings. The van der Waals surface area contributed by atoms with Crippen molar-refractivity contribution in [2.45, 2.75) is 33.7 Å². The second kappa shape index (κ2) is 9.09. The zero-order chi connectivity index (χ0) is 22.8. The lowest BCUT2D eigenvalue weighted by Gasteiger charge is -2.31. The van der Waals surface area contributed by atoms with Gasteiger partial charge in [0, 0.05) is 6.54 Å². The highest BCUT2D eigenvalue weighted by molar-refractivity contribution is 7.12. The molecule has 6 heteroatoms. The van der Waals surface area contributed by atoms with Gasteiger partial charge in [0.1, 0.15) is 5.82 Å². The Hall–Kier alpha value is -3.25. The number of amides is 1. The quantitative estimate of drug-likeness (QED) is 0.387. The molecule has 0 N–H and O–H groups in total. The maximum Gasteiger partial charge on any atom is 0.266 e. The van der Waals surface area contributed by atoms with E-state index in [9.17, 15) is 9.59 Å². The number of fused-ring (bicyclic) bond motifs is 1. The molecule has 4 rings (SSSR count). The highest BCUT2D eigenvalue weighted by atomic mass is 32.1. The molecule has 1 unspecified atom stereocenters. The van der Waals surface area contributed by atoms with Gasteiger partial charge in [0.05, 0.1) is 27.5 Å². The summed E-state index contributed by atoms with van der Waals surface area (Å²) in [6.45, 7) is 8.68. The number of para-hydroxylation sites is 2. The lowest BCUT2D eigenvalue weighted by Crippen LogP contribution is -2.39. The Labute approximate surface area is 192 Å². The summed E-state index contributed by atoms with van der Waals surface area (Å²) in [5, 5.41) is 2.47. The molecule has 4 aromatic rings. The van der Waals surface area contributed by atoms with Gasteiger partial charge >= 0.3 is 0 Å². The van der Waals surface area contributed by atoms with Crippen molar-refractivity contribution in [2.75, 3.05) is 6.54 Å². The number of hydrogen-bond donors (Lipinski definition) is 0. The van der Waals surface area contributed by atoms with E-state index in [1.54, 1.807) is 10.6 Å². The SMILES string of the molecule is Cc1ccccc1-n1c(C(C)N(CC(C)C)C(=O)c2cccs2)nc2ccccc2c1=O. The maximum atomic E-state index is 13.7. The fraction of sp³-hybridized carbons (Fsp3) is 0.269. The topological polar surface area (TPSA) is 55.2 Å². The van der Waals surface area contributed by atoms with Crippen LogP contribution >= 0.6 is 11.3 Å². The largest absolute Gasteiger partial charge is 0.328 e. The Balaban J connectivity index is 1.95. The highest BCUT2D eigenvalue weighted by Crippen LogP contribution is 2.27. The molecule has 0 bridgehead atoms. The van der Waals surface area contributed by atoms with Crippen molar-refractivity contribution in [3.05, 3.63) is 92.7 Å². The minimum absolute atomic E-state index is 0.0417. The van der Waals surface area contributed by atoms with E-state index < -0.39 is 6.04 Å². The van der Waals surface area contributed by atoms with Crippen LogP contribution in [0.25, 0.3) is 16.6 Å². The molecule has 1 atom stereocenters. The minimum Gasteiger partial charge on any atom is -0.328 e. The smallest absolute Gasteiger partial charge is 0.266 e. The number of carbonyl (C=O) groups excluding carboxylic acids is 1. The zero-order valence-corrected chi connectivity index (χ0v) is 19.6. The summed E-state index contributed by atoms with van der Waals surface area (Å²) in [5.74, 6) is 0.786. The minimum atomic E-state index is -0.399. The molecule has 0 saturated heterocycles. The molecule has 164 valence electrons. The number of hydrogen-bond acceptors (Lipinski definition) is 4. The van der Waals surface area contributed by atoms with Crippen LogP contribution in [0.15, 0.2) is 70.8 Å². The number of carbonyl (C=O) groups is 1. The molecular weight excluding hydrogens is 418 g/mol. The van der Waals surface area contributed by atoms with E-state index in [-0.39, 0.29) is 17.4 Å². The first kappa shape index (κ1) is 22.0. The van der Waals surface area contributed by atoms with Gasteiger partial charge in [-0.3, -0.25) is 14.2 Å². The molecule has 0 aliphatic heterocycles.